The van der Waals surface area contributed by atoms with E-state index in [1.807, 2.05) is 6.92 Å². The minimum atomic E-state index is -0.240. The van der Waals surface area contributed by atoms with E-state index in [0.717, 1.165) is 12.2 Å². The Bertz CT molecular complexity index is 615. The van der Waals surface area contributed by atoms with E-state index in [4.69, 9.17) is 4.52 Å². The second kappa shape index (κ2) is 5.95. The zero-order chi connectivity index (χ0) is 15.5. The molecule has 2 aromatic rings. The molecular formula is C15H20N4O2. The highest BCUT2D eigenvalue weighted by Gasteiger charge is 2.19. The predicted molar refractivity (Wildman–Crippen MR) is 81.6 cm³/mol. The van der Waals surface area contributed by atoms with Crippen molar-refractivity contribution in [1.29, 1.82) is 0 Å². The van der Waals surface area contributed by atoms with Crippen LogP contribution in [0.1, 0.15) is 43.7 Å². The van der Waals surface area contributed by atoms with Gasteiger partial charge in [-0.05, 0) is 19.1 Å². The van der Waals surface area contributed by atoms with Crippen LogP contribution in [0.5, 0.6) is 0 Å². The van der Waals surface area contributed by atoms with Crippen molar-refractivity contribution in [3.63, 3.8) is 0 Å². The molecule has 0 aromatic carbocycles. The van der Waals surface area contributed by atoms with E-state index in [1.54, 1.807) is 18.2 Å². The van der Waals surface area contributed by atoms with Crippen molar-refractivity contribution < 1.29 is 9.32 Å². The average molecular weight is 288 g/mol. The number of aromatic nitrogens is 2. The van der Waals surface area contributed by atoms with Gasteiger partial charge in [-0.25, -0.2) is 4.98 Å². The van der Waals surface area contributed by atoms with Crippen molar-refractivity contribution in [2.75, 3.05) is 17.2 Å². The number of anilines is 2. The molecular weight excluding hydrogens is 268 g/mol. The number of amides is 1. The normalized spacial score (nSPS) is 11.2. The van der Waals surface area contributed by atoms with E-state index < -0.39 is 0 Å². The molecule has 0 fully saturated rings. The van der Waals surface area contributed by atoms with Crippen LogP contribution in [-0.4, -0.2) is 22.6 Å². The van der Waals surface area contributed by atoms with E-state index in [2.05, 4.69) is 41.5 Å². The van der Waals surface area contributed by atoms with Crippen LogP contribution in [0.25, 0.3) is 0 Å². The van der Waals surface area contributed by atoms with Crippen molar-refractivity contribution in [1.82, 2.24) is 10.1 Å². The van der Waals surface area contributed by atoms with Gasteiger partial charge >= 0.3 is 0 Å². The lowest BCUT2D eigenvalue weighted by Crippen LogP contribution is -2.19. The summed E-state index contributed by atoms with van der Waals surface area (Å²) in [6.45, 7) is 8.91. The summed E-state index contributed by atoms with van der Waals surface area (Å²) in [6.07, 6.45) is 1.41. The summed E-state index contributed by atoms with van der Waals surface area (Å²) in [7, 11) is 0. The highest BCUT2D eigenvalue weighted by Crippen LogP contribution is 2.23. The fraction of sp³-hybridized carbons (Fsp3) is 0.400. The van der Waals surface area contributed by atoms with Gasteiger partial charge in [0.2, 0.25) is 0 Å². The number of carbonyl (C=O) groups excluding carboxylic acids is 1. The summed E-state index contributed by atoms with van der Waals surface area (Å²) in [5, 5.41) is 9.51. The largest absolute Gasteiger partial charge is 0.370 e. The standard InChI is InChI=1S/C15H20N4O2/c1-5-16-13-9-10(8-11(17-13)15(2,3)4)14(20)18-12-6-7-21-19-12/h6-9H,5H2,1-4H3,(H,16,17)(H,18,19,20). The van der Waals surface area contributed by atoms with Crippen LogP contribution < -0.4 is 10.6 Å². The van der Waals surface area contributed by atoms with Gasteiger partial charge in [-0.2, -0.15) is 0 Å². The molecule has 0 atom stereocenters. The Balaban J connectivity index is 2.33. The van der Waals surface area contributed by atoms with Gasteiger partial charge in [-0.3, -0.25) is 4.79 Å². The second-order valence-corrected chi connectivity index (χ2v) is 5.75. The van der Waals surface area contributed by atoms with E-state index in [-0.39, 0.29) is 11.3 Å². The minimum absolute atomic E-state index is 0.144. The zero-order valence-electron chi connectivity index (χ0n) is 12.7. The number of hydrogen-bond donors (Lipinski definition) is 2. The third kappa shape index (κ3) is 3.81. The van der Waals surface area contributed by atoms with E-state index in [0.29, 0.717) is 17.2 Å². The molecule has 21 heavy (non-hydrogen) atoms. The molecule has 112 valence electrons. The van der Waals surface area contributed by atoms with Gasteiger partial charge in [0.15, 0.2) is 5.82 Å². The molecule has 0 saturated carbocycles. The van der Waals surface area contributed by atoms with Crippen molar-refractivity contribution in [3.8, 4) is 0 Å². The fourth-order valence-corrected chi connectivity index (χ4v) is 1.78. The van der Waals surface area contributed by atoms with Crippen LogP contribution in [0.2, 0.25) is 0 Å². The molecule has 0 bridgehead atoms. The van der Waals surface area contributed by atoms with Gasteiger partial charge in [-0.1, -0.05) is 25.9 Å². The quantitative estimate of drug-likeness (QED) is 0.903. The van der Waals surface area contributed by atoms with Crippen LogP contribution in [0.3, 0.4) is 0 Å². The van der Waals surface area contributed by atoms with Crippen LogP contribution in [0, 0.1) is 0 Å². The highest BCUT2D eigenvalue weighted by molar-refractivity contribution is 6.04. The molecule has 6 heteroatoms. The number of carbonyl (C=O) groups is 1. The third-order valence-electron chi connectivity index (χ3n) is 2.89. The Morgan fingerprint density at radius 1 is 1.29 bits per heavy atom. The summed E-state index contributed by atoms with van der Waals surface area (Å²) >= 11 is 0. The first kappa shape index (κ1) is 15.0. The number of nitrogens with one attached hydrogen (secondary N) is 2. The van der Waals surface area contributed by atoms with Crippen molar-refractivity contribution in [2.45, 2.75) is 33.1 Å². The maximum absolute atomic E-state index is 12.3. The number of pyridine rings is 1. The van der Waals surface area contributed by atoms with Crippen LogP contribution in [0.15, 0.2) is 29.0 Å². The van der Waals surface area contributed by atoms with Crippen molar-refractivity contribution >= 4 is 17.5 Å². The SMILES string of the molecule is CCNc1cc(C(=O)Nc2ccon2)cc(C(C)(C)C)n1. The van der Waals surface area contributed by atoms with Crippen molar-refractivity contribution in [3.05, 3.63) is 35.7 Å². The van der Waals surface area contributed by atoms with Gasteiger partial charge in [0.1, 0.15) is 12.1 Å². The lowest BCUT2D eigenvalue weighted by molar-refractivity contribution is 0.102. The summed E-state index contributed by atoms with van der Waals surface area (Å²) < 4.78 is 4.70. The molecule has 0 unspecified atom stereocenters. The summed E-state index contributed by atoms with van der Waals surface area (Å²) in [4.78, 5) is 16.8. The molecule has 0 aliphatic carbocycles. The first-order valence-electron chi connectivity index (χ1n) is 6.88. The van der Waals surface area contributed by atoms with E-state index in [1.165, 1.54) is 6.26 Å². The van der Waals surface area contributed by atoms with Crippen LogP contribution in [-0.2, 0) is 5.41 Å². The smallest absolute Gasteiger partial charge is 0.257 e. The molecule has 0 radical (unpaired) electrons. The molecule has 6 nitrogen and oxygen atoms in total. The third-order valence-corrected chi connectivity index (χ3v) is 2.89. The molecule has 2 aromatic heterocycles. The van der Waals surface area contributed by atoms with Gasteiger partial charge < -0.3 is 15.2 Å². The van der Waals surface area contributed by atoms with Gasteiger partial charge in [0, 0.05) is 29.3 Å². The highest BCUT2D eigenvalue weighted by atomic mass is 16.5. The van der Waals surface area contributed by atoms with E-state index in [9.17, 15) is 4.79 Å². The van der Waals surface area contributed by atoms with Gasteiger partial charge in [0.25, 0.3) is 5.91 Å². The van der Waals surface area contributed by atoms with E-state index >= 15 is 0 Å². The van der Waals surface area contributed by atoms with Gasteiger partial charge in [0.05, 0.1) is 0 Å². The summed E-state index contributed by atoms with van der Waals surface area (Å²) in [5.41, 5.74) is 1.24. The molecule has 0 aliphatic rings. The molecule has 2 N–H and O–H groups in total. The van der Waals surface area contributed by atoms with Crippen molar-refractivity contribution in [2.24, 2.45) is 0 Å². The minimum Gasteiger partial charge on any atom is -0.370 e. The van der Waals surface area contributed by atoms with Crippen LogP contribution >= 0.6 is 0 Å². The lowest BCUT2D eigenvalue weighted by Gasteiger charge is -2.20. The maximum atomic E-state index is 12.3. The molecule has 1 amide bonds. The maximum Gasteiger partial charge on any atom is 0.257 e. The molecule has 2 heterocycles. The number of hydrogen-bond acceptors (Lipinski definition) is 5. The fourth-order valence-electron chi connectivity index (χ4n) is 1.78. The Morgan fingerprint density at radius 3 is 2.62 bits per heavy atom. The first-order valence-corrected chi connectivity index (χ1v) is 6.88. The molecule has 0 saturated heterocycles. The summed E-state index contributed by atoms with van der Waals surface area (Å²) in [6, 6.07) is 5.12. The Kier molecular flexibility index (Phi) is 4.26. The zero-order valence-corrected chi connectivity index (χ0v) is 12.7. The Hall–Kier alpha value is -2.37. The predicted octanol–water partition coefficient (Wildman–Crippen LogP) is 3.05. The average Bonchev–Trinajstić information content (AvgIpc) is 2.90. The Labute approximate surface area is 123 Å². The molecule has 0 spiro atoms. The first-order chi connectivity index (χ1) is 9.90. The van der Waals surface area contributed by atoms with Gasteiger partial charge in [-0.15, -0.1) is 0 Å². The number of nitrogens with zero attached hydrogens (tertiary/aromatic N) is 2. The Morgan fingerprint density at radius 2 is 2.05 bits per heavy atom. The topological polar surface area (TPSA) is 80.0 Å². The molecule has 2 rings (SSSR count). The lowest BCUT2D eigenvalue weighted by atomic mass is 9.90. The molecule has 0 aliphatic heterocycles. The number of rotatable bonds is 4. The monoisotopic (exact) mass is 288 g/mol. The van der Waals surface area contributed by atoms with Crippen LogP contribution in [0.4, 0.5) is 11.6 Å². The second-order valence-electron chi connectivity index (χ2n) is 5.75. The summed E-state index contributed by atoms with van der Waals surface area (Å²) in [5.74, 6) is 0.838.